The number of hydrogen-bond acceptors (Lipinski definition) is 4. The topological polar surface area (TPSA) is 55.1 Å². The van der Waals surface area contributed by atoms with Gasteiger partial charge in [0.1, 0.15) is 0 Å². The van der Waals surface area contributed by atoms with Crippen LogP contribution in [0.4, 0.5) is 5.69 Å². The van der Waals surface area contributed by atoms with Crippen LogP contribution in [0.1, 0.15) is 0 Å². The summed E-state index contributed by atoms with van der Waals surface area (Å²) in [5.41, 5.74) is 1.62. The molecule has 0 unspecified atom stereocenters. The van der Waals surface area contributed by atoms with E-state index in [0.717, 1.165) is 15.7 Å². The Kier molecular flexibility index (Phi) is 5.60. The molecule has 1 amide bonds. The van der Waals surface area contributed by atoms with Crippen molar-refractivity contribution in [3.8, 4) is 11.3 Å². The first-order valence-corrected chi connectivity index (χ1v) is 9.16. The maximum absolute atomic E-state index is 12.0. The number of carbonyl (C=O) groups excluding carboxylic acids is 1. The lowest BCUT2D eigenvalue weighted by atomic mass is 10.2. The third-order valence-corrected chi connectivity index (χ3v) is 4.87. The predicted molar refractivity (Wildman–Crippen MR) is 100 cm³/mol. The molecule has 1 aromatic heterocycles. The number of oxazole rings is 1. The van der Waals surface area contributed by atoms with Gasteiger partial charge in [0.05, 0.1) is 17.6 Å². The zero-order valence-corrected chi connectivity index (χ0v) is 15.5. The Hall–Kier alpha value is -1.76. The summed E-state index contributed by atoms with van der Waals surface area (Å²) in [5.74, 6) is 0.723. The minimum Gasteiger partial charge on any atom is -0.431 e. The third kappa shape index (κ3) is 4.41. The third-order valence-electron chi connectivity index (χ3n) is 3.09. The van der Waals surface area contributed by atoms with Gasteiger partial charge in [-0.15, -0.1) is 0 Å². The van der Waals surface area contributed by atoms with E-state index in [9.17, 15) is 4.79 Å². The smallest absolute Gasteiger partial charge is 0.256 e. The number of thioether (sulfide) groups is 1. The van der Waals surface area contributed by atoms with Crippen LogP contribution in [0, 0.1) is 0 Å². The lowest BCUT2D eigenvalue weighted by Crippen LogP contribution is -2.14. The Bertz CT molecular complexity index is 852. The summed E-state index contributed by atoms with van der Waals surface area (Å²) in [6, 6.07) is 14.7. The fourth-order valence-corrected chi connectivity index (χ4v) is 3.06. The minimum absolute atomic E-state index is 0.127. The lowest BCUT2D eigenvalue weighted by Gasteiger charge is -2.05. The van der Waals surface area contributed by atoms with Gasteiger partial charge in [-0.3, -0.25) is 4.79 Å². The van der Waals surface area contributed by atoms with Crippen LogP contribution in [-0.4, -0.2) is 16.6 Å². The van der Waals surface area contributed by atoms with Gasteiger partial charge in [0.2, 0.25) is 5.91 Å². The second-order valence-corrected chi connectivity index (χ2v) is 7.03. The minimum atomic E-state index is -0.127. The monoisotopic (exact) mass is 422 g/mol. The molecule has 0 fully saturated rings. The average Bonchev–Trinajstić information content (AvgIpc) is 3.05. The first-order chi connectivity index (χ1) is 11.6. The maximum atomic E-state index is 12.0. The number of halogens is 2. The molecule has 0 aliphatic carbocycles. The average molecular weight is 424 g/mol. The molecule has 0 saturated carbocycles. The van der Waals surface area contributed by atoms with Gasteiger partial charge in [-0.2, -0.15) is 0 Å². The molecule has 3 rings (SSSR count). The summed E-state index contributed by atoms with van der Waals surface area (Å²) in [6.45, 7) is 0. The van der Waals surface area contributed by atoms with E-state index in [4.69, 9.17) is 16.0 Å². The van der Waals surface area contributed by atoms with Crippen molar-refractivity contribution in [3.63, 3.8) is 0 Å². The van der Waals surface area contributed by atoms with Gasteiger partial charge in [-0.1, -0.05) is 35.5 Å². The van der Waals surface area contributed by atoms with Crippen molar-refractivity contribution in [2.75, 3.05) is 11.1 Å². The fraction of sp³-hybridized carbons (Fsp3) is 0.0588. The number of nitrogens with one attached hydrogen (secondary N) is 1. The Morgan fingerprint density at radius 2 is 1.96 bits per heavy atom. The molecule has 0 spiro atoms. The van der Waals surface area contributed by atoms with Crippen molar-refractivity contribution in [1.29, 1.82) is 0 Å². The molecule has 7 heteroatoms. The summed E-state index contributed by atoms with van der Waals surface area (Å²) in [5, 5.41) is 3.94. The highest BCUT2D eigenvalue weighted by Gasteiger charge is 2.10. The summed E-state index contributed by atoms with van der Waals surface area (Å²) < 4.78 is 6.49. The van der Waals surface area contributed by atoms with Crippen LogP contribution in [0.5, 0.6) is 0 Å². The number of rotatable bonds is 5. The van der Waals surface area contributed by atoms with Crippen LogP contribution in [0.15, 0.2) is 68.8 Å². The normalized spacial score (nSPS) is 10.6. The molecule has 122 valence electrons. The Morgan fingerprint density at radius 1 is 1.21 bits per heavy atom. The van der Waals surface area contributed by atoms with Gasteiger partial charge in [0.15, 0.2) is 5.76 Å². The molecule has 1 heterocycles. The van der Waals surface area contributed by atoms with Crippen LogP contribution in [-0.2, 0) is 4.79 Å². The van der Waals surface area contributed by atoms with Crippen LogP contribution in [0.25, 0.3) is 11.3 Å². The number of carbonyl (C=O) groups is 1. The van der Waals surface area contributed by atoms with E-state index in [-0.39, 0.29) is 11.7 Å². The van der Waals surface area contributed by atoms with Gasteiger partial charge in [-0.05, 0) is 52.3 Å². The Balaban J connectivity index is 1.58. The molecular weight excluding hydrogens is 412 g/mol. The molecule has 0 aliphatic heterocycles. The lowest BCUT2D eigenvalue weighted by molar-refractivity contribution is -0.113. The van der Waals surface area contributed by atoms with Gasteiger partial charge in [0, 0.05) is 15.1 Å². The molecule has 1 N–H and O–H groups in total. The highest BCUT2D eigenvalue weighted by atomic mass is 79.9. The number of hydrogen-bond donors (Lipinski definition) is 1. The van der Waals surface area contributed by atoms with Crippen molar-refractivity contribution in [2.45, 2.75) is 5.22 Å². The number of benzene rings is 2. The fourth-order valence-electron chi connectivity index (χ4n) is 1.95. The molecule has 4 nitrogen and oxygen atoms in total. The summed E-state index contributed by atoms with van der Waals surface area (Å²) in [7, 11) is 0. The number of nitrogens with zero attached hydrogens (tertiary/aromatic N) is 1. The Labute approximate surface area is 156 Å². The van der Waals surface area contributed by atoms with E-state index in [1.807, 2.05) is 36.4 Å². The molecule has 0 radical (unpaired) electrons. The number of para-hydroxylation sites is 1. The zero-order chi connectivity index (χ0) is 16.9. The Morgan fingerprint density at radius 3 is 2.71 bits per heavy atom. The van der Waals surface area contributed by atoms with Crippen molar-refractivity contribution >= 4 is 50.9 Å². The predicted octanol–water partition coefficient (Wildman–Crippen LogP) is 5.49. The maximum Gasteiger partial charge on any atom is 0.256 e. The molecular formula is C17H12BrClN2O2S. The van der Waals surface area contributed by atoms with Crippen molar-refractivity contribution in [3.05, 3.63) is 64.2 Å². The van der Waals surface area contributed by atoms with Crippen molar-refractivity contribution < 1.29 is 9.21 Å². The summed E-state index contributed by atoms with van der Waals surface area (Å²) in [4.78, 5) is 16.2. The SMILES string of the molecule is O=C(CSc1ncc(-c2ccc(Cl)cc2)o1)Nc1ccccc1Br. The van der Waals surface area contributed by atoms with Crippen LogP contribution < -0.4 is 5.32 Å². The largest absolute Gasteiger partial charge is 0.431 e. The van der Waals surface area contributed by atoms with Crippen LogP contribution in [0.2, 0.25) is 5.02 Å². The van der Waals surface area contributed by atoms with Crippen molar-refractivity contribution in [1.82, 2.24) is 4.98 Å². The van der Waals surface area contributed by atoms with E-state index in [2.05, 4.69) is 26.2 Å². The quantitative estimate of drug-likeness (QED) is 0.551. The highest BCUT2D eigenvalue weighted by Crippen LogP contribution is 2.27. The van der Waals surface area contributed by atoms with E-state index >= 15 is 0 Å². The highest BCUT2D eigenvalue weighted by molar-refractivity contribution is 9.10. The van der Waals surface area contributed by atoms with Gasteiger partial charge >= 0.3 is 0 Å². The second kappa shape index (κ2) is 7.88. The van der Waals surface area contributed by atoms with Crippen LogP contribution in [0.3, 0.4) is 0 Å². The van der Waals surface area contributed by atoms with Gasteiger partial charge in [0.25, 0.3) is 5.22 Å². The first-order valence-electron chi connectivity index (χ1n) is 7.01. The first kappa shape index (κ1) is 17.1. The number of amides is 1. The number of aromatic nitrogens is 1. The van der Waals surface area contributed by atoms with E-state index in [1.54, 1.807) is 18.3 Å². The number of anilines is 1. The molecule has 0 atom stereocenters. The summed E-state index contributed by atoms with van der Waals surface area (Å²) >= 11 is 10.5. The van der Waals surface area contributed by atoms with E-state index in [1.165, 1.54) is 11.8 Å². The zero-order valence-electron chi connectivity index (χ0n) is 12.3. The molecule has 2 aromatic carbocycles. The second-order valence-electron chi connectivity index (χ2n) is 4.81. The standard InChI is InChI=1S/C17H12BrClN2O2S/c18-13-3-1-2-4-14(13)21-16(22)10-24-17-20-9-15(23-17)11-5-7-12(19)8-6-11/h1-9H,10H2,(H,21,22). The van der Waals surface area contributed by atoms with E-state index < -0.39 is 0 Å². The van der Waals surface area contributed by atoms with Crippen LogP contribution >= 0.6 is 39.3 Å². The molecule has 0 aliphatic rings. The molecule has 3 aromatic rings. The van der Waals surface area contributed by atoms with Crippen molar-refractivity contribution in [2.24, 2.45) is 0 Å². The van der Waals surface area contributed by atoms with E-state index in [0.29, 0.717) is 16.0 Å². The molecule has 24 heavy (non-hydrogen) atoms. The van der Waals surface area contributed by atoms with Gasteiger partial charge < -0.3 is 9.73 Å². The van der Waals surface area contributed by atoms with Gasteiger partial charge in [-0.25, -0.2) is 4.98 Å². The molecule has 0 bridgehead atoms. The summed E-state index contributed by atoms with van der Waals surface area (Å²) in [6.07, 6.45) is 1.64. The molecule has 0 saturated heterocycles.